The summed E-state index contributed by atoms with van der Waals surface area (Å²) in [5.41, 5.74) is 2.66. The fourth-order valence-electron chi connectivity index (χ4n) is 1.23. The van der Waals surface area contributed by atoms with Crippen LogP contribution in [0.3, 0.4) is 0 Å². The lowest BCUT2D eigenvalue weighted by Crippen LogP contribution is -1.90. The quantitative estimate of drug-likeness (QED) is 0.684. The van der Waals surface area contributed by atoms with E-state index >= 15 is 0 Å². The number of carbonyl (C=O) groups is 1. The number of aldehydes is 1. The second kappa shape index (κ2) is 4.42. The van der Waals surface area contributed by atoms with Gasteiger partial charge in [-0.05, 0) is 47.1 Å². The molecular formula is C9H9IN2O. The SMILES string of the molecule is Cc1c(I)[nH]c(C=O)c1CCC#N. The summed E-state index contributed by atoms with van der Waals surface area (Å²) in [6.45, 7) is 1.96. The smallest absolute Gasteiger partial charge is 0.166 e. The highest BCUT2D eigenvalue weighted by molar-refractivity contribution is 14.1. The van der Waals surface area contributed by atoms with E-state index < -0.39 is 0 Å². The Bertz CT molecular complexity index is 362. The number of aromatic amines is 1. The van der Waals surface area contributed by atoms with Crippen LogP contribution >= 0.6 is 22.6 Å². The number of rotatable bonds is 3. The summed E-state index contributed by atoms with van der Waals surface area (Å²) in [5.74, 6) is 0. The van der Waals surface area contributed by atoms with E-state index in [1.54, 1.807) is 0 Å². The van der Waals surface area contributed by atoms with Crippen LogP contribution in [0.15, 0.2) is 0 Å². The van der Waals surface area contributed by atoms with Crippen LogP contribution in [0.25, 0.3) is 0 Å². The van der Waals surface area contributed by atoms with E-state index in [0.29, 0.717) is 18.5 Å². The fourth-order valence-corrected chi connectivity index (χ4v) is 1.84. The van der Waals surface area contributed by atoms with Crippen molar-refractivity contribution in [3.8, 4) is 6.07 Å². The summed E-state index contributed by atoms with van der Waals surface area (Å²) in [7, 11) is 0. The predicted octanol–water partition coefficient (Wildman–Crippen LogP) is 2.20. The molecule has 0 aliphatic carbocycles. The Labute approximate surface area is 90.3 Å². The molecule has 0 saturated carbocycles. The lowest BCUT2D eigenvalue weighted by molar-refractivity contribution is 0.111. The van der Waals surface area contributed by atoms with E-state index in [-0.39, 0.29) is 0 Å². The van der Waals surface area contributed by atoms with E-state index in [2.05, 4.69) is 33.6 Å². The molecule has 0 aliphatic rings. The molecule has 0 radical (unpaired) electrons. The Kier molecular flexibility index (Phi) is 3.48. The monoisotopic (exact) mass is 288 g/mol. The zero-order valence-corrected chi connectivity index (χ0v) is 9.38. The van der Waals surface area contributed by atoms with Crippen LogP contribution in [0.1, 0.15) is 28.0 Å². The summed E-state index contributed by atoms with van der Waals surface area (Å²) in [6.07, 6.45) is 1.91. The molecule has 1 aromatic heterocycles. The molecule has 0 aromatic carbocycles. The number of hydrogen-bond donors (Lipinski definition) is 1. The molecule has 0 bridgehead atoms. The first-order valence-electron chi connectivity index (χ1n) is 3.89. The van der Waals surface area contributed by atoms with E-state index in [0.717, 1.165) is 21.1 Å². The molecule has 1 rings (SSSR count). The van der Waals surface area contributed by atoms with Crippen molar-refractivity contribution in [3.05, 3.63) is 20.5 Å². The van der Waals surface area contributed by atoms with Gasteiger partial charge in [0.1, 0.15) is 0 Å². The van der Waals surface area contributed by atoms with Gasteiger partial charge < -0.3 is 4.98 Å². The maximum absolute atomic E-state index is 10.6. The van der Waals surface area contributed by atoms with Crippen molar-refractivity contribution >= 4 is 28.9 Å². The Balaban J connectivity index is 3.02. The van der Waals surface area contributed by atoms with E-state index in [4.69, 9.17) is 5.26 Å². The number of nitriles is 1. The Morgan fingerprint density at radius 3 is 2.92 bits per heavy atom. The van der Waals surface area contributed by atoms with Crippen LogP contribution in [0.4, 0.5) is 0 Å². The van der Waals surface area contributed by atoms with Gasteiger partial charge in [-0.3, -0.25) is 4.79 Å². The van der Waals surface area contributed by atoms with Gasteiger partial charge >= 0.3 is 0 Å². The van der Waals surface area contributed by atoms with Crippen molar-refractivity contribution < 1.29 is 4.79 Å². The standard InChI is InChI=1S/C9H9IN2O/c1-6-7(3-2-4-11)8(5-13)12-9(6)10/h5,12H,2-3H2,1H3. The third-order valence-electron chi connectivity index (χ3n) is 1.96. The molecule has 0 aliphatic heterocycles. The van der Waals surface area contributed by atoms with Crippen LogP contribution in [-0.4, -0.2) is 11.3 Å². The van der Waals surface area contributed by atoms with Crippen LogP contribution < -0.4 is 0 Å². The van der Waals surface area contributed by atoms with Crippen molar-refractivity contribution in [3.63, 3.8) is 0 Å². The van der Waals surface area contributed by atoms with Gasteiger partial charge in [-0.1, -0.05) is 0 Å². The molecular weight excluding hydrogens is 279 g/mol. The van der Waals surface area contributed by atoms with E-state index in [1.165, 1.54) is 0 Å². The predicted molar refractivity (Wildman–Crippen MR) is 57.6 cm³/mol. The van der Waals surface area contributed by atoms with Gasteiger partial charge in [0, 0.05) is 6.42 Å². The molecule has 1 aromatic rings. The molecule has 13 heavy (non-hydrogen) atoms. The molecule has 68 valence electrons. The Morgan fingerprint density at radius 1 is 1.69 bits per heavy atom. The highest BCUT2D eigenvalue weighted by Crippen LogP contribution is 2.19. The van der Waals surface area contributed by atoms with Gasteiger partial charge in [-0.2, -0.15) is 5.26 Å². The summed E-state index contributed by atoms with van der Waals surface area (Å²) in [6, 6.07) is 2.07. The minimum Gasteiger partial charge on any atom is -0.347 e. The van der Waals surface area contributed by atoms with Crippen molar-refractivity contribution in [2.45, 2.75) is 19.8 Å². The second-order valence-electron chi connectivity index (χ2n) is 2.73. The lowest BCUT2D eigenvalue weighted by atomic mass is 10.1. The van der Waals surface area contributed by atoms with Gasteiger partial charge in [0.15, 0.2) is 6.29 Å². The van der Waals surface area contributed by atoms with Crippen molar-refractivity contribution in [2.24, 2.45) is 0 Å². The third kappa shape index (κ3) is 2.10. The average Bonchev–Trinajstić information content (AvgIpc) is 2.40. The second-order valence-corrected chi connectivity index (χ2v) is 3.81. The molecule has 0 spiro atoms. The molecule has 0 fully saturated rings. The van der Waals surface area contributed by atoms with Crippen LogP contribution in [0.5, 0.6) is 0 Å². The molecule has 0 amide bonds. The number of aromatic nitrogens is 1. The van der Waals surface area contributed by atoms with E-state index in [1.807, 2.05) is 6.92 Å². The van der Waals surface area contributed by atoms with Crippen molar-refractivity contribution in [1.29, 1.82) is 5.26 Å². The minimum absolute atomic E-state index is 0.454. The van der Waals surface area contributed by atoms with Gasteiger partial charge in [0.25, 0.3) is 0 Å². The number of hydrogen-bond acceptors (Lipinski definition) is 2. The van der Waals surface area contributed by atoms with Crippen molar-refractivity contribution in [2.75, 3.05) is 0 Å². The first-order valence-corrected chi connectivity index (χ1v) is 4.97. The molecule has 1 heterocycles. The van der Waals surface area contributed by atoms with Gasteiger partial charge in [-0.15, -0.1) is 0 Å². The molecule has 0 unspecified atom stereocenters. The van der Waals surface area contributed by atoms with Crippen LogP contribution in [0.2, 0.25) is 0 Å². The largest absolute Gasteiger partial charge is 0.347 e. The summed E-state index contributed by atoms with van der Waals surface area (Å²) in [5, 5.41) is 8.44. The maximum atomic E-state index is 10.6. The van der Waals surface area contributed by atoms with Crippen molar-refractivity contribution in [1.82, 2.24) is 4.98 Å². The number of nitrogens with zero attached hydrogens (tertiary/aromatic N) is 1. The lowest BCUT2D eigenvalue weighted by Gasteiger charge is -1.95. The normalized spacial score (nSPS) is 9.62. The number of nitrogens with one attached hydrogen (secondary N) is 1. The van der Waals surface area contributed by atoms with Crippen LogP contribution in [-0.2, 0) is 6.42 Å². The maximum Gasteiger partial charge on any atom is 0.166 e. The van der Waals surface area contributed by atoms with Crippen LogP contribution in [0, 0.1) is 22.0 Å². The minimum atomic E-state index is 0.454. The summed E-state index contributed by atoms with van der Waals surface area (Å²) in [4.78, 5) is 13.6. The Morgan fingerprint density at radius 2 is 2.38 bits per heavy atom. The van der Waals surface area contributed by atoms with Gasteiger partial charge in [-0.25, -0.2) is 0 Å². The number of halogens is 1. The Hall–Kier alpha value is -0.830. The molecule has 0 atom stereocenters. The number of carbonyl (C=O) groups excluding carboxylic acids is 1. The molecule has 0 saturated heterocycles. The van der Waals surface area contributed by atoms with Gasteiger partial charge in [0.05, 0.1) is 15.5 Å². The summed E-state index contributed by atoms with van der Waals surface area (Å²) < 4.78 is 0.979. The average molecular weight is 288 g/mol. The first kappa shape index (κ1) is 10.3. The fraction of sp³-hybridized carbons (Fsp3) is 0.333. The van der Waals surface area contributed by atoms with Gasteiger partial charge in [0.2, 0.25) is 0 Å². The molecule has 4 heteroatoms. The highest BCUT2D eigenvalue weighted by Gasteiger charge is 2.10. The molecule has 1 N–H and O–H groups in total. The third-order valence-corrected chi connectivity index (χ3v) is 3.03. The topological polar surface area (TPSA) is 56.6 Å². The first-order chi connectivity index (χ1) is 6.20. The highest BCUT2D eigenvalue weighted by atomic mass is 127. The number of H-pyrrole nitrogens is 1. The zero-order chi connectivity index (χ0) is 9.84. The molecule has 3 nitrogen and oxygen atoms in total. The van der Waals surface area contributed by atoms with E-state index in [9.17, 15) is 4.79 Å². The zero-order valence-electron chi connectivity index (χ0n) is 7.22. The summed E-state index contributed by atoms with van der Waals surface area (Å²) >= 11 is 2.15.